The maximum atomic E-state index is 11.0. The summed E-state index contributed by atoms with van der Waals surface area (Å²) in [6, 6.07) is 7.91. The number of nitrogens with zero attached hydrogens (tertiary/aromatic N) is 1. The van der Waals surface area contributed by atoms with Gasteiger partial charge in [-0.2, -0.15) is 0 Å². The lowest BCUT2D eigenvalue weighted by molar-refractivity contribution is -0.127. The first-order chi connectivity index (χ1) is 7.13. The summed E-state index contributed by atoms with van der Waals surface area (Å²) in [6.45, 7) is 2.31. The fourth-order valence-corrected chi connectivity index (χ4v) is 1.28. The van der Waals surface area contributed by atoms with Gasteiger partial charge in [-0.25, -0.2) is 0 Å². The fraction of sp³-hybridized carbons (Fsp3) is 0.417. The fourth-order valence-electron chi connectivity index (χ4n) is 1.28. The Balaban J connectivity index is 2.53. The van der Waals surface area contributed by atoms with Crippen molar-refractivity contribution in [2.75, 3.05) is 20.7 Å². The van der Waals surface area contributed by atoms with Gasteiger partial charge in [0.1, 0.15) is 5.75 Å². The van der Waals surface area contributed by atoms with Crippen LogP contribution in [0.4, 0.5) is 0 Å². The van der Waals surface area contributed by atoms with Crippen molar-refractivity contribution < 1.29 is 9.53 Å². The van der Waals surface area contributed by atoms with E-state index in [1.807, 2.05) is 31.3 Å². The van der Waals surface area contributed by atoms with E-state index in [1.165, 1.54) is 5.56 Å². The number of carbonyl (C=O) groups excluding carboxylic acids is 1. The molecule has 0 radical (unpaired) electrons. The summed E-state index contributed by atoms with van der Waals surface area (Å²) in [5.41, 5.74) is 1.18. The van der Waals surface area contributed by atoms with E-state index in [9.17, 15) is 4.79 Å². The highest BCUT2D eigenvalue weighted by atomic mass is 16.5. The number of methoxy groups -OCH3 is 1. The van der Waals surface area contributed by atoms with Crippen LogP contribution in [0.1, 0.15) is 12.5 Å². The van der Waals surface area contributed by atoms with Gasteiger partial charge in [-0.05, 0) is 24.1 Å². The van der Waals surface area contributed by atoms with Gasteiger partial charge >= 0.3 is 0 Å². The molecule has 0 fully saturated rings. The Hall–Kier alpha value is -1.51. The van der Waals surface area contributed by atoms with E-state index in [0.29, 0.717) is 0 Å². The molecule has 0 unspecified atom stereocenters. The van der Waals surface area contributed by atoms with Gasteiger partial charge in [0.15, 0.2) is 0 Å². The minimum Gasteiger partial charge on any atom is -0.497 e. The number of likely N-dealkylation sites (N-methyl/N-ethyl adjacent to an activating group) is 1. The molecule has 0 spiro atoms. The van der Waals surface area contributed by atoms with Gasteiger partial charge in [-0.15, -0.1) is 0 Å². The van der Waals surface area contributed by atoms with E-state index < -0.39 is 0 Å². The van der Waals surface area contributed by atoms with E-state index >= 15 is 0 Å². The second-order valence-corrected chi connectivity index (χ2v) is 3.54. The molecule has 0 saturated heterocycles. The summed E-state index contributed by atoms with van der Waals surface area (Å²) in [7, 11) is 3.46. The van der Waals surface area contributed by atoms with Crippen LogP contribution in [0.3, 0.4) is 0 Å². The first kappa shape index (κ1) is 11.6. The van der Waals surface area contributed by atoms with Crippen molar-refractivity contribution in [1.82, 2.24) is 4.90 Å². The van der Waals surface area contributed by atoms with Crippen LogP contribution in [0.5, 0.6) is 5.75 Å². The molecular formula is C12H17NO2. The van der Waals surface area contributed by atoms with Crippen molar-refractivity contribution in [3.8, 4) is 5.75 Å². The van der Waals surface area contributed by atoms with Crippen molar-refractivity contribution in [3.63, 3.8) is 0 Å². The van der Waals surface area contributed by atoms with Crippen LogP contribution >= 0.6 is 0 Å². The van der Waals surface area contributed by atoms with Crippen LogP contribution in [0, 0.1) is 0 Å². The SMILES string of the molecule is COc1cccc(CCN(C)C(C)=O)c1. The van der Waals surface area contributed by atoms with Gasteiger partial charge in [-0.3, -0.25) is 4.79 Å². The molecule has 15 heavy (non-hydrogen) atoms. The Morgan fingerprint density at radius 1 is 1.47 bits per heavy atom. The normalized spacial score (nSPS) is 9.80. The minimum absolute atomic E-state index is 0.0953. The summed E-state index contributed by atoms with van der Waals surface area (Å²) in [5, 5.41) is 0. The van der Waals surface area contributed by atoms with E-state index in [0.717, 1.165) is 18.7 Å². The molecule has 1 rings (SSSR count). The summed E-state index contributed by atoms with van der Waals surface area (Å²) >= 11 is 0. The second-order valence-electron chi connectivity index (χ2n) is 3.54. The van der Waals surface area contributed by atoms with Crippen LogP contribution in [0.2, 0.25) is 0 Å². The van der Waals surface area contributed by atoms with Gasteiger partial charge in [0.2, 0.25) is 5.91 Å². The standard InChI is InChI=1S/C12H17NO2/c1-10(14)13(2)8-7-11-5-4-6-12(9-11)15-3/h4-6,9H,7-8H2,1-3H3. The van der Waals surface area contributed by atoms with Crippen LogP contribution in [-0.4, -0.2) is 31.5 Å². The molecule has 1 amide bonds. The highest BCUT2D eigenvalue weighted by molar-refractivity contribution is 5.72. The van der Waals surface area contributed by atoms with E-state index in [4.69, 9.17) is 4.74 Å². The zero-order valence-corrected chi connectivity index (χ0v) is 9.49. The summed E-state index contributed by atoms with van der Waals surface area (Å²) in [4.78, 5) is 12.7. The van der Waals surface area contributed by atoms with Gasteiger partial charge < -0.3 is 9.64 Å². The lowest BCUT2D eigenvalue weighted by atomic mass is 10.1. The predicted molar refractivity (Wildman–Crippen MR) is 60.0 cm³/mol. The molecule has 1 aromatic carbocycles. The number of ether oxygens (including phenoxy) is 1. The number of amides is 1. The van der Waals surface area contributed by atoms with Crippen LogP contribution in [0.25, 0.3) is 0 Å². The van der Waals surface area contributed by atoms with Gasteiger partial charge in [0.05, 0.1) is 7.11 Å². The van der Waals surface area contributed by atoms with Crippen molar-refractivity contribution in [3.05, 3.63) is 29.8 Å². The molecule has 0 aliphatic heterocycles. The smallest absolute Gasteiger partial charge is 0.219 e. The lowest BCUT2D eigenvalue weighted by Gasteiger charge is -2.14. The molecule has 0 heterocycles. The van der Waals surface area contributed by atoms with E-state index in [2.05, 4.69) is 0 Å². The summed E-state index contributed by atoms with van der Waals surface area (Å²) in [5.74, 6) is 0.955. The lowest BCUT2D eigenvalue weighted by Crippen LogP contribution is -2.26. The Morgan fingerprint density at radius 3 is 2.80 bits per heavy atom. The van der Waals surface area contributed by atoms with E-state index in [1.54, 1.807) is 18.9 Å². The van der Waals surface area contributed by atoms with Crippen molar-refractivity contribution in [2.24, 2.45) is 0 Å². The molecule has 3 nitrogen and oxygen atoms in total. The zero-order chi connectivity index (χ0) is 11.3. The molecule has 0 aliphatic carbocycles. The van der Waals surface area contributed by atoms with Crippen LogP contribution in [0.15, 0.2) is 24.3 Å². The average Bonchev–Trinajstić information content (AvgIpc) is 2.26. The molecule has 0 aliphatic rings. The van der Waals surface area contributed by atoms with Gasteiger partial charge in [0.25, 0.3) is 0 Å². The Bertz CT molecular complexity index is 336. The third kappa shape index (κ3) is 3.62. The first-order valence-electron chi connectivity index (χ1n) is 4.98. The predicted octanol–water partition coefficient (Wildman–Crippen LogP) is 1.72. The highest BCUT2D eigenvalue weighted by Gasteiger charge is 2.02. The number of hydrogen-bond donors (Lipinski definition) is 0. The van der Waals surface area contributed by atoms with Crippen LogP contribution in [-0.2, 0) is 11.2 Å². The second kappa shape index (κ2) is 5.39. The number of benzene rings is 1. The summed E-state index contributed by atoms with van der Waals surface area (Å²) in [6.07, 6.45) is 0.854. The Morgan fingerprint density at radius 2 is 2.20 bits per heavy atom. The van der Waals surface area contributed by atoms with Crippen molar-refractivity contribution >= 4 is 5.91 Å². The maximum Gasteiger partial charge on any atom is 0.219 e. The molecule has 0 saturated carbocycles. The maximum absolute atomic E-state index is 11.0. The molecule has 0 N–H and O–H groups in total. The van der Waals surface area contributed by atoms with Gasteiger partial charge in [0, 0.05) is 20.5 Å². The largest absolute Gasteiger partial charge is 0.497 e. The topological polar surface area (TPSA) is 29.5 Å². The van der Waals surface area contributed by atoms with Crippen molar-refractivity contribution in [2.45, 2.75) is 13.3 Å². The molecule has 1 aromatic rings. The monoisotopic (exact) mass is 207 g/mol. The minimum atomic E-state index is 0.0953. The number of carbonyl (C=O) groups is 1. The van der Waals surface area contributed by atoms with Crippen molar-refractivity contribution in [1.29, 1.82) is 0 Å². The molecule has 0 aromatic heterocycles. The molecule has 0 bridgehead atoms. The first-order valence-corrected chi connectivity index (χ1v) is 4.98. The zero-order valence-electron chi connectivity index (χ0n) is 9.49. The quantitative estimate of drug-likeness (QED) is 0.752. The molecule has 3 heteroatoms. The third-order valence-electron chi connectivity index (χ3n) is 2.41. The highest BCUT2D eigenvalue weighted by Crippen LogP contribution is 2.12. The number of hydrogen-bond acceptors (Lipinski definition) is 2. The van der Waals surface area contributed by atoms with Gasteiger partial charge in [-0.1, -0.05) is 12.1 Å². The number of rotatable bonds is 4. The Labute approximate surface area is 90.7 Å². The molecule has 0 atom stereocenters. The molecule has 82 valence electrons. The summed E-state index contributed by atoms with van der Waals surface area (Å²) < 4.78 is 5.13. The average molecular weight is 207 g/mol. The molecular weight excluding hydrogens is 190 g/mol. The third-order valence-corrected chi connectivity index (χ3v) is 2.41. The van der Waals surface area contributed by atoms with Crippen LogP contribution < -0.4 is 4.74 Å². The van der Waals surface area contributed by atoms with E-state index in [-0.39, 0.29) is 5.91 Å². The Kier molecular flexibility index (Phi) is 4.16.